The summed E-state index contributed by atoms with van der Waals surface area (Å²) in [6.07, 6.45) is 4.14. The molecule has 1 N–H and O–H groups in total. The summed E-state index contributed by atoms with van der Waals surface area (Å²) in [5.74, 6) is 0.0641. The van der Waals surface area contributed by atoms with E-state index in [2.05, 4.69) is 6.92 Å². The van der Waals surface area contributed by atoms with Crippen molar-refractivity contribution < 1.29 is 14.6 Å². The van der Waals surface area contributed by atoms with Gasteiger partial charge in [-0.15, -0.1) is 0 Å². The molecule has 3 nitrogen and oxygen atoms in total. The van der Waals surface area contributed by atoms with Gasteiger partial charge in [0.1, 0.15) is 0 Å². The van der Waals surface area contributed by atoms with Gasteiger partial charge in [0.2, 0.25) is 0 Å². The first-order valence-corrected chi connectivity index (χ1v) is 6.23. The molecule has 0 aromatic rings. The van der Waals surface area contributed by atoms with Gasteiger partial charge >= 0.3 is 5.97 Å². The van der Waals surface area contributed by atoms with E-state index >= 15 is 0 Å². The number of esters is 1. The smallest absolute Gasteiger partial charge is 0.338 e. The largest absolute Gasteiger partial charge is 0.467 e. The number of rotatable bonds is 3. The first-order chi connectivity index (χ1) is 7.42. The van der Waals surface area contributed by atoms with Crippen LogP contribution < -0.4 is 0 Å². The summed E-state index contributed by atoms with van der Waals surface area (Å²) in [4.78, 5) is 11.8. The molecular formula is C13H24O3. The molecular weight excluding hydrogens is 204 g/mol. The highest BCUT2D eigenvalue weighted by molar-refractivity contribution is 5.80. The molecule has 3 unspecified atom stereocenters. The molecule has 1 aliphatic carbocycles. The molecule has 1 rings (SSSR count). The fourth-order valence-electron chi connectivity index (χ4n) is 2.87. The van der Waals surface area contributed by atoms with Crippen molar-refractivity contribution in [3.63, 3.8) is 0 Å². The van der Waals surface area contributed by atoms with E-state index in [9.17, 15) is 9.90 Å². The number of hydrogen-bond donors (Lipinski definition) is 1. The molecule has 0 heterocycles. The van der Waals surface area contributed by atoms with Gasteiger partial charge in [0.15, 0.2) is 5.60 Å². The van der Waals surface area contributed by atoms with Gasteiger partial charge in [0, 0.05) is 0 Å². The fourth-order valence-corrected chi connectivity index (χ4v) is 2.87. The average Bonchev–Trinajstić information content (AvgIpc) is 2.26. The lowest BCUT2D eigenvalue weighted by molar-refractivity contribution is -0.178. The third-order valence-corrected chi connectivity index (χ3v) is 3.95. The minimum atomic E-state index is -1.30. The lowest BCUT2D eigenvalue weighted by atomic mass is 9.69. The molecule has 0 aromatic carbocycles. The molecule has 3 heteroatoms. The Kier molecular flexibility index (Phi) is 4.36. The highest BCUT2D eigenvalue weighted by Crippen LogP contribution is 2.40. The third-order valence-electron chi connectivity index (χ3n) is 3.95. The first kappa shape index (κ1) is 13.5. The zero-order chi connectivity index (χ0) is 12.3. The maximum atomic E-state index is 11.8. The summed E-state index contributed by atoms with van der Waals surface area (Å²) < 4.78 is 4.78. The van der Waals surface area contributed by atoms with Crippen LogP contribution in [-0.4, -0.2) is 23.8 Å². The highest BCUT2D eigenvalue weighted by atomic mass is 16.5. The summed E-state index contributed by atoms with van der Waals surface area (Å²) in [6.45, 7) is 5.95. The van der Waals surface area contributed by atoms with Gasteiger partial charge in [-0.3, -0.25) is 0 Å². The fraction of sp³-hybridized carbons (Fsp3) is 0.923. The monoisotopic (exact) mass is 228 g/mol. The van der Waals surface area contributed by atoms with Crippen LogP contribution in [0.1, 0.15) is 46.5 Å². The molecule has 0 saturated heterocycles. The lowest BCUT2D eigenvalue weighted by Gasteiger charge is -2.40. The maximum absolute atomic E-state index is 11.8. The predicted octanol–water partition coefficient (Wildman–Crippen LogP) is 2.37. The van der Waals surface area contributed by atoms with E-state index in [-0.39, 0.29) is 11.8 Å². The van der Waals surface area contributed by atoms with Crippen LogP contribution >= 0.6 is 0 Å². The number of ether oxygens (including phenoxy) is 1. The number of methoxy groups -OCH3 is 1. The van der Waals surface area contributed by atoms with Gasteiger partial charge in [-0.05, 0) is 30.6 Å². The molecule has 3 atom stereocenters. The Morgan fingerprint density at radius 1 is 1.44 bits per heavy atom. The quantitative estimate of drug-likeness (QED) is 0.754. The van der Waals surface area contributed by atoms with Crippen LogP contribution in [0.15, 0.2) is 0 Å². The van der Waals surface area contributed by atoms with Crippen molar-refractivity contribution in [3.8, 4) is 0 Å². The van der Waals surface area contributed by atoms with Crippen LogP contribution in [0.5, 0.6) is 0 Å². The van der Waals surface area contributed by atoms with Crippen LogP contribution in [0.3, 0.4) is 0 Å². The van der Waals surface area contributed by atoms with Crippen LogP contribution in [0.2, 0.25) is 0 Å². The number of carbonyl (C=O) groups is 1. The van der Waals surface area contributed by atoms with E-state index in [1.165, 1.54) is 13.5 Å². The minimum Gasteiger partial charge on any atom is -0.467 e. The van der Waals surface area contributed by atoms with Crippen molar-refractivity contribution >= 4 is 5.97 Å². The molecule has 0 spiro atoms. The Bertz CT molecular complexity index is 250. The maximum Gasteiger partial charge on any atom is 0.338 e. The Balaban J connectivity index is 2.88. The molecule has 1 fully saturated rings. The second-order valence-corrected chi connectivity index (χ2v) is 5.44. The molecule has 0 aromatic heterocycles. The number of aliphatic hydroxyl groups is 1. The standard InChI is InChI=1S/C13H24O3/c1-9(2)13(15,12(14)16-4)11-7-5-6-10(3)8-11/h9-11,15H,5-8H2,1-4H3. The van der Waals surface area contributed by atoms with E-state index in [0.717, 1.165) is 19.3 Å². The Morgan fingerprint density at radius 2 is 2.06 bits per heavy atom. The summed E-state index contributed by atoms with van der Waals surface area (Å²) in [5, 5.41) is 10.6. The Labute approximate surface area is 98.2 Å². The van der Waals surface area contributed by atoms with E-state index in [0.29, 0.717) is 5.92 Å². The van der Waals surface area contributed by atoms with Crippen LogP contribution in [0.4, 0.5) is 0 Å². The molecule has 1 saturated carbocycles. The van der Waals surface area contributed by atoms with Gasteiger partial charge in [-0.1, -0.05) is 33.6 Å². The van der Waals surface area contributed by atoms with Crippen molar-refractivity contribution in [1.82, 2.24) is 0 Å². The first-order valence-electron chi connectivity index (χ1n) is 6.23. The third kappa shape index (κ3) is 2.40. The van der Waals surface area contributed by atoms with Crippen LogP contribution in [0.25, 0.3) is 0 Å². The van der Waals surface area contributed by atoms with E-state index < -0.39 is 11.6 Å². The van der Waals surface area contributed by atoms with Gasteiger partial charge in [0.05, 0.1) is 7.11 Å². The highest BCUT2D eigenvalue weighted by Gasteiger charge is 2.48. The van der Waals surface area contributed by atoms with Gasteiger partial charge in [-0.2, -0.15) is 0 Å². The topological polar surface area (TPSA) is 46.5 Å². The summed E-state index contributed by atoms with van der Waals surface area (Å²) in [5.41, 5.74) is -1.30. The van der Waals surface area contributed by atoms with E-state index in [1.807, 2.05) is 13.8 Å². The zero-order valence-corrected chi connectivity index (χ0v) is 10.8. The molecule has 1 aliphatic rings. The SMILES string of the molecule is COC(=O)C(O)(C(C)C)C1CCCC(C)C1. The molecule has 0 amide bonds. The molecule has 0 bridgehead atoms. The predicted molar refractivity (Wildman–Crippen MR) is 62.9 cm³/mol. The average molecular weight is 228 g/mol. The second-order valence-electron chi connectivity index (χ2n) is 5.44. The van der Waals surface area contributed by atoms with Crippen molar-refractivity contribution in [1.29, 1.82) is 0 Å². The summed E-state index contributed by atoms with van der Waals surface area (Å²) in [7, 11) is 1.35. The normalized spacial score (nSPS) is 29.9. The van der Waals surface area contributed by atoms with E-state index in [4.69, 9.17) is 4.74 Å². The summed E-state index contributed by atoms with van der Waals surface area (Å²) >= 11 is 0. The molecule has 16 heavy (non-hydrogen) atoms. The van der Waals surface area contributed by atoms with Crippen LogP contribution in [0, 0.1) is 17.8 Å². The molecule has 0 radical (unpaired) electrons. The molecule has 0 aliphatic heterocycles. The zero-order valence-electron chi connectivity index (χ0n) is 10.8. The van der Waals surface area contributed by atoms with Crippen LogP contribution in [-0.2, 0) is 9.53 Å². The van der Waals surface area contributed by atoms with Crippen molar-refractivity contribution in [2.45, 2.75) is 52.1 Å². The van der Waals surface area contributed by atoms with Gasteiger partial charge in [0.25, 0.3) is 0 Å². The number of hydrogen-bond acceptors (Lipinski definition) is 3. The summed E-state index contributed by atoms with van der Waals surface area (Å²) in [6, 6.07) is 0. The Morgan fingerprint density at radius 3 is 2.50 bits per heavy atom. The van der Waals surface area contributed by atoms with E-state index in [1.54, 1.807) is 0 Å². The van der Waals surface area contributed by atoms with Crippen molar-refractivity contribution in [2.24, 2.45) is 17.8 Å². The van der Waals surface area contributed by atoms with Crippen molar-refractivity contribution in [2.75, 3.05) is 7.11 Å². The Hall–Kier alpha value is -0.570. The lowest BCUT2D eigenvalue weighted by Crippen LogP contribution is -2.52. The van der Waals surface area contributed by atoms with Crippen molar-refractivity contribution in [3.05, 3.63) is 0 Å². The molecule has 94 valence electrons. The number of carbonyl (C=O) groups excluding carboxylic acids is 1. The van der Waals surface area contributed by atoms with Gasteiger partial charge < -0.3 is 9.84 Å². The minimum absolute atomic E-state index is 0.0451. The van der Waals surface area contributed by atoms with Gasteiger partial charge in [-0.25, -0.2) is 4.79 Å². The second kappa shape index (κ2) is 5.17.